The normalized spacial score (nSPS) is 10.5. The van der Waals surface area contributed by atoms with Gasteiger partial charge in [0.25, 0.3) is 5.91 Å². The number of para-hydroxylation sites is 1. The Morgan fingerprint density at radius 3 is 2.74 bits per heavy atom. The number of oxazole rings is 1. The molecule has 23 heavy (non-hydrogen) atoms. The first-order valence-electron chi connectivity index (χ1n) is 6.68. The Bertz CT molecular complexity index is 858. The first-order chi connectivity index (χ1) is 11.1. The van der Waals surface area contributed by atoms with Crippen LogP contribution in [0.3, 0.4) is 0 Å². The SMILES string of the molecule is O=C(COC(=O)c1cccc2ocnc12)Nc1ccc(Br)cc1. The van der Waals surface area contributed by atoms with E-state index in [-0.39, 0.29) is 12.2 Å². The van der Waals surface area contributed by atoms with Crippen molar-refractivity contribution in [3.05, 3.63) is 58.9 Å². The van der Waals surface area contributed by atoms with Crippen molar-refractivity contribution in [3.63, 3.8) is 0 Å². The maximum atomic E-state index is 12.1. The van der Waals surface area contributed by atoms with Gasteiger partial charge in [-0.15, -0.1) is 0 Å². The predicted octanol–water partition coefficient (Wildman–Crippen LogP) is 3.39. The van der Waals surface area contributed by atoms with Crippen LogP contribution in [0.5, 0.6) is 0 Å². The fraction of sp³-hybridized carbons (Fsp3) is 0.0625. The summed E-state index contributed by atoms with van der Waals surface area (Å²) in [6, 6.07) is 12.0. The van der Waals surface area contributed by atoms with Gasteiger partial charge in [0.15, 0.2) is 18.6 Å². The first kappa shape index (κ1) is 15.2. The van der Waals surface area contributed by atoms with E-state index in [0.29, 0.717) is 16.8 Å². The van der Waals surface area contributed by atoms with Crippen LogP contribution in [0, 0.1) is 0 Å². The minimum absolute atomic E-state index is 0.257. The molecule has 0 bridgehead atoms. The van der Waals surface area contributed by atoms with Crippen LogP contribution < -0.4 is 5.32 Å². The van der Waals surface area contributed by atoms with Gasteiger partial charge in [0, 0.05) is 10.2 Å². The number of esters is 1. The van der Waals surface area contributed by atoms with Crippen LogP contribution in [0.4, 0.5) is 5.69 Å². The highest BCUT2D eigenvalue weighted by atomic mass is 79.9. The number of anilines is 1. The smallest absolute Gasteiger partial charge is 0.340 e. The van der Waals surface area contributed by atoms with Crippen LogP contribution >= 0.6 is 15.9 Å². The minimum atomic E-state index is -0.629. The molecule has 1 amide bonds. The van der Waals surface area contributed by atoms with Gasteiger partial charge in [-0.3, -0.25) is 4.79 Å². The third-order valence-corrected chi connectivity index (χ3v) is 3.57. The van der Waals surface area contributed by atoms with Crippen molar-refractivity contribution in [1.29, 1.82) is 0 Å². The number of amides is 1. The molecule has 0 aliphatic heterocycles. The van der Waals surface area contributed by atoms with Crippen LogP contribution in [0.1, 0.15) is 10.4 Å². The van der Waals surface area contributed by atoms with Crippen LogP contribution in [-0.4, -0.2) is 23.5 Å². The zero-order valence-corrected chi connectivity index (χ0v) is 13.4. The molecular formula is C16H11BrN2O4. The number of rotatable bonds is 4. The molecule has 7 heteroatoms. The van der Waals surface area contributed by atoms with E-state index in [9.17, 15) is 9.59 Å². The fourth-order valence-corrected chi connectivity index (χ4v) is 2.25. The standard InChI is InChI=1S/C16H11BrN2O4/c17-10-4-6-11(7-5-10)19-14(20)8-22-16(21)12-2-1-3-13-15(12)18-9-23-13/h1-7,9H,8H2,(H,19,20). The van der Waals surface area contributed by atoms with Crippen molar-refractivity contribution in [2.45, 2.75) is 0 Å². The predicted molar refractivity (Wildman–Crippen MR) is 87.1 cm³/mol. The minimum Gasteiger partial charge on any atom is -0.452 e. The number of carbonyl (C=O) groups is 2. The molecular weight excluding hydrogens is 364 g/mol. The van der Waals surface area contributed by atoms with Crippen molar-refractivity contribution >= 4 is 44.6 Å². The van der Waals surface area contributed by atoms with Crippen molar-refractivity contribution in [1.82, 2.24) is 4.98 Å². The van der Waals surface area contributed by atoms with Crippen LogP contribution in [0.2, 0.25) is 0 Å². The summed E-state index contributed by atoms with van der Waals surface area (Å²) in [4.78, 5) is 27.9. The summed E-state index contributed by atoms with van der Waals surface area (Å²) in [6.07, 6.45) is 1.25. The molecule has 0 unspecified atom stereocenters. The molecule has 116 valence electrons. The number of nitrogens with zero attached hydrogens (tertiary/aromatic N) is 1. The lowest BCUT2D eigenvalue weighted by atomic mass is 10.2. The molecule has 0 atom stereocenters. The molecule has 0 fully saturated rings. The first-order valence-corrected chi connectivity index (χ1v) is 7.47. The Balaban J connectivity index is 1.61. The molecule has 0 radical (unpaired) electrons. The number of benzene rings is 2. The molecule has 1 aromatic heterocycles. The summed E-state index contributed by atoms with van der Waals surface area (Å²) < 4.78 is 11.0. The van der Waals surface area contributed by atoms with Gasteiger partial charge < -0.3 is 14.5 Å². The van der Waals surface area contributed by atoms with E-state index in [1.807, 2.05) is 0 Å². The Morgan fingerprint density at radius 1 is 1.17 bits per heavy atom. The lowest BCUT2D eigenvalue weighted by molar-refractivity contribution is -0.119. The maximum Gasteiger partial charge on any atom is 0.340 e. The second kappa shape index (κ2) is 6.62. The summed E-state index contributed by atoms with van der Waals surface area (Å²) in [5.74, 6) is -1.05. The van der Waals surface area contributed by atoms with Gasteiger partial charge in [-0.05, 0) is 36.4 Å². The number of nitrogens with one attached hydrogen (secondary N) is 1. The van der Waals surface area contributed by atoms with Crippen LogP contribution in [0.25, 0.3) is 11.1 Å². The second-order valence-electron chi connectivity index (χ2n) is 4.64. The zero-order valence-electron chi connectivity index (χ0n) is 11.8. The van der Waals surface area contributed by atoms with Gasteiger partial charge in [0.2, 0.25) is 0 Å². The van der Waals surface area contributed by atoms with Crippen molar-refractivity contribution in [2.24, 2.45) is 0 Å². The van der Waals surface area contributed by atoms with Gasteiger partial charge in [-0.2, -0.15) is 0 Å². The van der Waals surface area contributed by atoms with Crippen LogP contribution in [-0.2, 0) is 9.53 Å². The highest BCUT2D eigenvalue weighted by molar-refractivity contribution is 9.10. The second-order valence-corrected chi connectivity index (χ2v) is 5.55. The molecule has 2 aromatic carbocycles. The third kappa shape index (κ3) is 3.57. The average Bonchev–Trinajstić information content (AvgIpc) is 3.03. The van der Waals surface area contributed by atoms with Gasteiger partial charge in [-0.25, -0.2) is 9.78 Å². The number of halogens is 1. The molecule has 3 aromatic rings. The molecule has 3 rings (SSSR count). The Labute approximate surface area is 139 Å². The number of ether oxygens (including phenoxy) is 1. The molecule has 0 aliphatic carbocycles. The maximum absolute atomic E-state index is 12.1. The monoisotopic (exact) mass is 374 g/mol. The van der Waals surface area contributed by atoms with Crippen molar-refractivity contribution in [3.8, 4) is 0 Å². The molecule has 1 heterocycles. The van der Waals surface area contributed by atoms with E-state index >= 15 is 0 Å². The Kier molecular flexibility index (Phi) is 4.38. The number of hydrogen-bond donors (Lipinski definition) is 1. The lowest BCUT2D eigenvalue weighted by Gasteiger charge is -2.07. The molecule has 0 spiro atoms. The number of carbonyl (C=O) groups excluding carboxylic acids is 2. The topological polar surface area (TPSA) is 81.4 Å². The van der Waals surface area contributed by atoms with Gasteiger partial charge in [0.05, 0.1) is 5.56 Å². The number of aromatic nitrogens is 1. The van der Waals surface area contributed by atoms with Gasteiger partial charge >= 0.3 is 5.97 Å². The van der Waals surface area contributed by atoms with E-state index in [2.05, 4.69) is 26.2 Å². The molecule has 1 N–H and O–H groups in total. The summed E-state index contributed by atoms with van der Waals surface area (Å²) in [5.41, 5.74) is 1.77. The Morgan fingerprint density at radius 2 is 1.96 bits per heavy atom. The van der Waals surface area contributed by atoms with E-state index < -0.39 is 11.9 Å². The lowest BCUT2D eigenvalue weighted by Crippen LogP contribution is -2.21. The number of hydrogen-bond acceptors (Lipinski definition) is 5. The van der Waals surface area contributed by atoms with Crippen molar-refractivity contribution in [2.75, 3.05) is 11.9 Å². The molecule has 0 saturated heterocycles. The Hall–Kier alpha value is -2.67. The molecule has 0 aliphatic rings. The fourth-order valence-electron chi connectivity index (χ4n) is 1.99. The number of fused-ring (bicyclic) bond motifs is 1. The zero-order chi connectivity index (χ0) is 16.2. The summed E-state index contributed by atoms with van der Waals surface area (Å²) in [7, 11) is 0. The van der Waals surface area contributed by atoms with Gasteiger partial charge in [-0.1, -0.05) is 22.0 Å². The quantitative estimate of drug-likeness (QED) is 0.707. The van der Waals surface area contributed by atoms with E-state index in [1.165, 1.54) is 6.39 Å². The van der Waals surface area contributed by atoms with Gasteiger partial charge in [0.1, 0.15) is 5.52 Å². The largest absolute Gasteiger partial charge is 0.452 e. The molecule has 6 nitrogen and oxygen atoms in total. The molecule has 0 saturated carbocycles. The van der Waals surface area contributed by atoms with E-state index in [1.54, 1.807) is 42.5 Å². The van der Waals surface area contributed by atoms with E-state index in [0.717, 1.165) is 4.47 Å². The van der Waals surface area contributed by atoms with Crippen LogP contribution in [0.15, 0.2) is 57.7 Å². The third-order valence-electron chi connectivity index (χ3n) is 3.04. The average molecular weight is 375 g/mol. The highest BCUT2D eigenvalue weighted by Crippen LogP contribution is 2.18. The van der Waals surface area contributed by atoms with Crippen molar-refractivity contribution < 1.29 is 18.7 Å². The highest BCUT2D eigenvalue weighted by Gasteiger charge is 2.15. The van der Waals surface area contributed by atoms with E-state index in [4.69, 9.17) is 9.15 Å². The summed E-state index contributed by atoms with van der Waals surface area (Å²) in [6.45, 7) is -0.386. The summed E-state index contributed by atoms with van der Waals surface area (Å²) in [5, 5.41) is 2.64. The summed E-state index contributed by atoms with van der Waals surface area (Å²) >= 11 is 3.31.